The minimum absolute atomic E-state index is 0.0219. The second-order valence-electron chi connectivity index (χ2n) is 8.06. The number of carboxylic acid groups (broad SMARTS) is 1. The fourth-order valence-corrected chi connectivity index (χ4v) is 4.93. The van der Waals surface area contributed by atoms with Gasteiger partial charge in [0.15, 0.2) is 0 Å². The van der Waals surface area contributed by atoms with E-state index in [0.29, 0.717) is 13.0 Å². The Morgan fingerprint density at radius 3 is 2.10 bits per heavy atom. The molecule has 5 rings (SSSR count). The van der Waals surface area contributed by atoms with Crippen LogP contribution in [0.2, 0.25) is 0 Å². The zero-order valence-corrected chi connectivity index (χ0v) is 17.0. The van der Waals surface area contributed by atoms with E-state index in [1.807, 2.05) is 48.5 Å². The van der Waals surface area contributed by atoms with Crippen molar-refractivity contribution in [1.82, 2.24) is 4.90 Å². The Morgan fingerprint density at radius 1 is 0.871 bits per heavy atom. The third-order valence-corrected chi connectivity index (χ3v) is 6.35. The molecule has 5 heteroatoms. The highest BCUT2D eigenvalue weighted by atomic mass is 16.6. The summed E-state index contributed by atoms with van der Waals surface area (Å²) in [4.78, 5) is 26.2. The Bertz CT molecular complexity index is 1110. The van der Waals surface area contributed by atoms with E-state index in [4.69, 9.17) is 4.74 Å². The minimum Gasteiger partial charge on any atom is -0.481 e. The van der Waals surface area contributed by atoms with Crippen molar-refractivity contribution in [3.8, 4) is 11.1 Å². The van der Waals surface area contributed by atoms with E-state index in [9.17, 15) is 14.7 Å². The highest BCUT2D eigenvalue weighted by Crippen LogP contribution is 2.44. The van der Waals surface area contributed by atoms with Gasteiger partial charge >= 0.3 is 12.1 Å². The molecule has 2 aliphatic rings. The third kappa shape index (κ3) is 3.46. The Labute approximate surface area is 180 Å². The van der Waals surface area contributed by atoms with E-state index in [-0.39, 0.29) is 18.9 Å². The molecule has 0 aromatic heterocycles. The SMILES string of the molecule is O=C(O)C[C@H]1c2ccccc2CCN1C(=O)OCC1c2ccccc2-c2ccccc21. The summed E-state index contributed by atoms with van der Waals surface area (Å²) >= 11 is 0. The number of amides is 1. The van der Waals surface area contributed by atoms with Crippen molar-refractivity contribution in [2.24, 2.45) is 0 Å². The van der Waals surface area contributed by atoms with Gasteiger partial charge in [0.05, 0.1) is 12.5 Å². The molecule has 1 aliphatic carbocycles. The molecule has 0 spiro atoms. The molecule has 3 aromatic rings. The number of hydrogen-bond donors (Lipinski definition) is 1. The number of ether oxygens (including phenoxy) is 1. The second kappa shape index (κ2) is 7.91. The van der Waals surface area contributed by atoms with Crippen LogP contribution in [-0.2, 0) is 16.0 Å². The smallest absolute Gasteiger partial charge is 0.410 e. The molecule has 1 aliphatic heterocycles. The van der Waals surface area contributed by atoms with Gasteiger partial charge < -0.3 is 14.7 Å². The van der Waals surface area contributed by atoms with E-state index in [0.717, 1.165) is 22.3 Å². The predicted octanol–water partition coefficient (Wildman–Crippen LogP) is 5.01. The van der Waals surface area contributed by atoms with Crippen LogP contribution >= 0.6 is 0 Å². The molecule has 156 valence electrons. The number of rotatable bonds is 4. The third-order valence-electron chi connectivity index (χ3n) is 6.35. The number of hydrogen-bond acceptors (Lipinski definition) is 3. The van der Waals surface area contributed by atoms with E-state index in [2.05, 4.69) is 24.3 Å². The maximum Gasteiger partial charge on any atom is 0.410 e. The summed E-state index contributed by atoms with van der Waals surface area (Å²) in [6, 6.07) is 23.6. The molecule has 0 fully saturated rings. The molecule has 1 amide bonds. The van der Waals surface area contributed by atoms with Gasteiger partial charge in [-0.3, -0.25) is 4.79 Å². The summed E-state index contributed by atoms with van der Waals surface area (Å²) in [6.45, 7) is 0.677. The number of carboxylic acids is 1. The van der Waals surface area contributed by atoms with E-state index in [1.54, 1.807) is 4.90 Å². The van der Waals surface area contributed by atoms with Crippen LogP contribution in [0.4, 0.5) is 4.79 Å². The molecule has 1 heterocycles. The molecular formula is C26H23NO4. The molecule has 0 bridgehead atoms. The van der Waals surface area contributed by atoms with Crippen LogP contribution in [0, 0.1) is 0 Å². The first-order valence-corrected chi connectivity index (χ1v) is 10.5. The molecular weight excluding hydrogens is 390 g/mol. The number of carbonyl (C=O) groups excluding carboxylic acids is 1. The van der Waals surface area contributed by atoms with Gasteiger partial charge in [-0.05, 0) is 39.8 Å². The topological polar surface area (TPSA) is 66.8 Å². The zero-order chi connectivity index (χ0) is 21.4. The van der Waals surface area contributed by atoms with Crippen LogP contribution in [-0.4, -0.2) is 35.2 Å². The molecule has 0 saturated heterocycles. The maximum absolute atomic E-state index is 13.1. The lowest BCUT2D eigenvalue weighted by Gasteiger charge is -2.36. The summed E-state index contributed by atoms with van der Waals surface area (Å²) in [6.07, 6.45) is 0.0974. The molecule has 0 unspecified atom stereocenters. The first kappa shape index (κ1) is 19.4. The number of benzene rings is 3. The van der Waals surface area contributed by atoms with Crippen molar-refractivity contribution in [2.45, 2.75) is 24.8 Å². The summed E-state index contributed by atoms with van der Waals surface area (Å²) < 4.78 is 5.80. The quantitative estimate of drug-likeness (QED) is 0.653. The largest absolute Gasteiger partial charge is 0.481 e. The minimum atomic E-state index is -0.932. The Balaban J connectivity index is 1.38. The van der Waals surface area contributed by atoms with E-state index >= 15 is 0 Å². The zero-order valence-electron chi connectivity index (χ0n) is 17.0. The molecule has 31 heavy (non-hydrogen) atoms. The fourth-order valence-electron chi connectivity index (χ4n) is 4.93. The molecule has 0 saturated carbocycles. The van der Waals surface area contributed by atoms with Crippen molar-refractivity contribution in [1.29, 1.82) is 0 Å². The van der Waals surface area contributed by atoms with Gasteiger partial charge in [-0.1, -0.05) is 72.8 Å². The summed E-state index contributed by atoms with van der Waals surface area (Å²) in [5, 5.41) is 9.43. The van der Waals surface area contributed by atoms with Crippen molar-refractivity contribution in [3.63, 3.8) is 0 Å². The van der Waals surface area contributed by atoms with Gasteiger partial charge in [0.1, 0.15) is 6.61 Å². The molecule has 1 N–H and O–H groups in total. The Kier molecular flexibility index (Phi) is 4.94. The fraction of sp³-hybridized carbons (Fsp3) is 0.231. The molecule has 5 nitrogen and oxygen atoms in total. The first-order chi connectivity index (χ1) is 15.1. The van der Waals surface area contributed by atoms with Gasteiger partial charge in [0.25, 0.3) is 0 Å². The summed E-state index contributed by atoms with van der Waals surface area (Å²) in [5.74, 6) is -0.954. The monoisotopic (exact) mass is 413 g/mol. The lowest BCUT2D eigenvalue weighted by molar-refractivity contribution is -0.138. The van der Waals surface area contributed by atoms with Crippen molar-refractivity contribution < 1.29 is 19.4 Å². The van der Waals surface area contributed by atoms with E-state index < -0.39 is 18.1 Å². The van der Waals surface area contributed by atoms with Gasteiger partial charge in [-0.25, -0.2) is 4.79 Å². The summed E-state index contributed by atoms with van der Waals surface area (Å²) in [5.41, 5.74) is 6.65. The van der Waals surface area contributed by atoms with Crippen LogP contribution in [0.1, 0.15) is 40.6 Å². The van der Waals surface area contributed by atoms with Crippen LogP contribution in [0.15, 0.2) is 72.8 Å². The average Bonchev–Trinajstić information content (AvgIpc) is 3.11. The molecule has 0 radical (unpaired) electrons. The highest BCUT2D eigenvalue weighted by Gasteiger charge is 2.35. The number of carbonyl (C=O) groups is 2. The number of fused-ring (bicyclic) bond motifs is 4. The van der Waals surface area contributed by atoms with Crippen molar-refractivity contribution in [3.05, 3.63) is 95.1 Å². The predicted molar refractivity (Wildman–Crippen MR) is 117 cm³/mol. The number of aliphatic carboxylic acids is 1. The highest BCUT2D eigenvalue weighted by molar-refractivity contribution is 5.79. The molecule has 1 atom stereocenters. The normalized spacial score (nSPS) is 16.9. The first-order valence-electron chi connectivity index (χ1n) is 10.5. The Morgan fingerprint density at radius 2 is 1.45 bits per heavy atom. The van der Waals surface area contributed by atoms with Crippen LogP contribution in [0.25, 0.3) is 11.1 Å². The van der Waals surface area contributed by atoms with Crippen molar-refractivity contribution in [2.75, 3.05) is 13.2 Å². The lowest BCUT2D eigenvalue weighted by atomic mass is 9.91. The average molecular weight is 413 g/mol. The summed E-state index contributed by atoms with van der Waals surface area (Å²) in [7, 11) is 0. The van der Waals surface area contributed by atoms with Crippen molar-refractivity contribution >= 4 is 12.1 Å². The molecule has 3 aromatic carbocycles. The van der Waals surface area contributed by atoms with Gasteiger partial charge in [0, 0.05) is 12.5 Å². The van der Waals surface area contributed by atoms with Gasteiger partial charge in [0.2, 0.25) is 0 Å². The Hall–Kier alpha value is -3.60. The van der Waals surface area contributed by atoms with Crippen LogP contribution in [0.3, 0.4) is 0 Å². The standard InChI is InChI=1S/C26H23NO4/c28-25(29)15-24-18-8-2-1-7-17(18)13-14-27(24)26(30)31-16-23-21-11-5-3-9-19(21)20-10-4-6-12-22(20)23/h1-12,23-24H,13-16H2,(H,28,29)/t24-/m0/s1. The lowest BCUT2D eigenvalue weighted by Crippen LogP contribution is -2.41. The van der Waals surface area contributed by atoms with E-state index in [1.165, 1.54) is 11.1 Å². The second-order valence-corrected chi connectivity index (χ2v) is 8.06. The number of nitrogens with zero attached hydrogens (tertiary/aromatic N) is 1. The van der Waals surface area contributed by atoms with Crippen LogP contribution in [0.5, 0.6) is 0 Å². The van der Waals surface area contributed by atoms with Crippen LogP contribution < -0.4 is 0 Å². The van der Waals surface area contributed by atoms with Gasteiger partial charge in [-0.15, -0.1) is 0 Å². The maximum atomic E-state index is 13.1. The van der Waals surface area contributed by atoms with Gasteiger partial charge in [-0.2, -0.15) is 0 Å².